The van der Waals surface area contributed by atoms with Crippen LogP contribution in [0.15, 0.2) is 36.5 Å². The van der Waals surface area contributed by atoms with Crippen LogP contribution in [0.25, 0.3) is 0 Å². The van der Waals surface area contributed by atoms with Crippen molar-refractivity contribution >= 4 is 23.3 Å². The molecular weight excluding hydrogens is 366 g/mol. The van der Waals surface area contributed by atoms with Crippen LogP contribution in [0.1, 0.15) is 39.8 Å². The lowest BCUT2D eigenvalue weighted by Gasteiger charge is -2.06. The summed E-state index contributed by atoms with van der Waals surface area (Å²) < 4.78 is 6.26. The number of carbonyl (C=O) groups excluding carboxylic acids is 3. The van der Waals surface area contributed by atoms with Crippen molar-refractivity contribution < 1.29 is 24.0 Å². The number of amides is 1. The predicted molar refractivity (Wildman–Crippen MR) is 100 cm³/mol. The van der Waals surface area contributed by atoms with Gasteiger partial charge in [-0.2, -0.15) is 0 Å². The lowest BCUT2D eigenvalue weighted by molar-refractivity contribution is -0.384. The number of hydrogen-bond acceptors (Lipinski definition) is 6. The van der Waals surface area contributed by atoms with Gasteiger partial charge in [0.25, 0.3) is 5.69 Å². The molecule has 0 spiro atoms. The molecule has 0 aliphatic heterocycles. The van der Waals surface area contributed by atoms with E-state index in [4.69, 9.17) is 4.74 Å². The van der Waals surface area contributed by atoms with Gasteiger partial charge in [0, 0.05) is 32.1 Å². The van der Waals surface area contributed by atoms with Gasteiger partial charge in [0.05, 0.1) is 11.1 Å². The molecule has 0 radical (unpaired) electrons. The molecule has 9 heteroatoms. The van der Waals surface area contributed by atoms with Gasteiger partial charge < -0.3 is 14.6 Å². The number of rotatable bonds is 9. The zero-order valence-electron chi connectivity index (χ0n) is 15.6. The Bertz CT molecular complexity index is 886. The first-order chi connectivity index (χ1) is 13.3. The predicted octanol–water partition coefficient (Wildman–Crippen LogP) is 2.04. The molecule has 0 bridgehead atoms. The number of benzene rings is 1. The van der Waals surface area contributed by atoms with Gasteiger partial charge in [-0.25, -0.2) is 4.79 Å². The average Bonchev–Trinajstić information content (AvgIpc) is 3.05. The lowest BCUT2D eigenvalue weighted by atomic mass is 10.1. The van der Waals surface area contributed by atoms with E-state index in [1.807, 2.05) is 12.1 Å². The molecule has 1 heterocycles. The van der Waals surface area contributed by atoms with Crippen molar-refractivity contribution in [2.45, 2.75) is 19.8 Å². The maximum absolute atomic E-state index is 12.2. The Hall–Kier alpha value is -3.49. The number of ketones is 1. The van der Waals surface area contributed by atoms with Crippen LogP contribution < -0.4 is 5.32 Å². The molecule has 0 aliphatic rings. The summed E-state index contributed by atoms with van der Waals surface area (Å²) in [5.41, 5.74) is 1.19. The molecule has 0 aliphatic carbocycles. The summed E-state index contributed by atoms with van der Waals surface area (Å²) in [6.45, 7) is 1.59. The average molecular weight is 387 g/mol. The highest BCUT2D eigenvalue weighted by Gasteiger charge is 2.19. The van der Waals surface area contributed by atoms with E-state index in [9.17, 15) is 24.5 Å². The smallest absolute Gasteiger partial charge is 0.355 e. The molecule has 1 aromatic heterocycles. The Morgan fingerprint density at radius 3 is 2.46 bits per heavy atom. The monoisotopic (exact) mass is 387 g/mol. The number of carbonyl (C=O) groups is 3. The van der Waals surface area contributed by atoms with Crippen molar-refractivity contribution in [3.8, 4) is 0 Å². The first-order valence-electron chi connectivity index (χ1n) is 8.62. The Labute approximate surface area is 161 Å². The SMILES string of the molecule is CC(=O)NCCCc1ccc(C(=O)COC(=O)c2cc([N+](=O)[O-])cn2C)cc1. The number of aryl methyl sites for hydroxylation is 2. The summed E-state index contributed by atoms with van der Waals surface area (Å²) >= 11 is 0. The van der Waals surface area contributed by atoms with Gasteiger partial charge in [-0.3, -0.25) is 19.7 Å². The molecule has 0 saturated heterocycles. The van der Waals surface area contributed by atoms with E-state index >= 15 is 0 Å². The minimum atomic E-state index is -0.807. The van der Waals surface area contributed by atoms with Crippen molar-refractivity contribution in [2.24, 2.45) is 7.05 Å². The van der Waals surface area contributed by atoms with E-state index in [1.165, 1.54) is 24.7 Å². The summed E-state index contributed by atoms with van der Waals surface area (Å²) in [6, 6.07) is 8.02. The van der Waals surface area contributed by atoms with Crippen LogP contribution in [-0.2, 0) is 23.0 Å². The molecule has 0 atom stereocenters. The largest absolute Gasteiger partial charge is 0.453 e. The summed E-state index contributed by atoms with van der Waals surface area (Å²) in [5.74, 6) is -1.25. The van der Waals surface area contributed by atoms with Crippen LogP contribution in [0, 0.1) is 10.1 Å². The second kappa shape index (κ2) is 9.45. The molecule has 0 saturated carbocycles. The third kappa shape index (κ3) is 5.76. The van der Waals surface area contributed by atoms with E-state index in [0.717, 1.165) is 24.5 Å². The molecule has 0 unspecified atom stereocenters. The summed E-state index contributed by atoms with van der Waals surface area (Å²) in [6.07, 6.45) is 2.74. The minimum absolute atomic E-state index is 0.00554. The fourth-order valence-corrected chi connectivity index (χ4v) is 2.55. The van der Waals surface area contributed by atoms with Crippen molar-refractivity contribution in [2.75, 3.05) is 13.2 Å². The van der Waals surface area contributed by atoms with Crippen LogP contribution >= 0.6 is 0 Å². The van der Waals surface area contributed by atoms with Crippen molar-refractivity contribution in [1.29, 1.82) is 0 Å². The molecule has 9 nitrogen and oxygen atoms in total. The quantitative estimate of drug-likeness (QED) is 0.231. The minimum Gasteiger partial charge on any atom is -0.453 e. The number of nitrogens with one attached hydrogen (secondary N) is 1. The highest BCUT2D eigenvalue weighted by atomic mass is 16.6. The van der Waals surface area contributed by atoms with E-state index in [-0.39, 0.29) is 23.1 Å². The van der Waals surface area contributed by atoms with E-state index in [2.05, 4.69) is 5.32 Å². The van der Waals surface area contributed by atoms with Gasteiger partial charge in [0.1, 0.15) is 5.69 Å². The highest BCUT2D eigenvalue weighted by Crippen LogP contribution is 2.16. The Morgan fingerprint density at radius 2 is 1.89 bits per heavy atom. The number of aromatic nitrogens is 1. The molecular formula is C19H21N3O6. The number of ether oxygens (including phenoxy) is 1. The van der Waals surface area contributed by atoms with E-state index in [0.29, 0.717) is 12.1 Å². The third-order valence-corrected chi connectivity index (χ3v) is 4.04. The standard InChI is InChI=1S/C19H21N3O6/c1-13(23)20-9-3-4-14-5-7-15(8-6-14)18(24)12-28-19(25)17-10-16(22(26)27)11-21(17)2/h5-8,10-11H,3-4,9,12H2,1-2H3,(H,20,23). The normalized spacial score (nSPS) is 10.4. The van der Waals surface area contributed by atoms with Gasteiger partial charge in [-0.05, 0) is 18.4 Å². The Morgan fingerprint density at radius 1 is 1.21 bits per heavy atom. The number of hydrogen-bond donors (Lipinski definition) is 1. The van der Waals surface area contributed by atoms with Crippen LogP contribution in [0.5, 0.6) is 0 Å². The topological polar surface area (TPSA) is 121 Å². The van der Waals surface area contributed by atoms with Crippen LogP contribution in [-0.4, -0.2) is 40.3 Å². The molecule has 1 N–H and O–H groups in total. The number of nitro groups is 1. The van der Waals surface area contributed by atoms with Crippen molar-refractivity contribution in [3.05, 3.63) is 63.5 Å². The van der Waals surface area contributed by atoms with E-state index < -0.39 is 17.5 Å². The van der Waals surface area contributed by atoms with Gasteiger partial charge in [-0.1, -0.05) is 24.3 Å². The maximum atomic E-state index is 12.2. The van der Waals surface area contributed by atoms with Gasteiger partial charge in [-0.15, -0.1) is 0 Å². The maximum Gasteiger partial charge on any atom is 0.355 e. The third-order valence-electron chi connectivity index (χ3n) is 4.04. The summed E-state index contributed by atoms with van der Waals surface area (Å²) in [4.78, 5) is 45.2. The number of Topliss-reactive ketones (excluding diaryl/α,β-unsaturated/α-hetero) is 1. The molecule has 1 amide bonds. The summed E-state index contributed by atoms with van der Waals surface area (Å²) in [7, 11) is 1.48. The second-order valence-corrected chi connectivity index (χ2v) is 6.23. The van der Waals surface area contributed by atoms with Crippen LogP contribution in [0.3, 0.4) is 0 Å². The first kappa shape index (κ1) is 20.8. The molecule has 1 aromatic carbocycles. The molecule has 2 aromatic rings. The van der Waals surface area contributed by atoms with Gasteiger partial charge >= 0.3 is 5.97 Å². The van der Waals surface area contributed by atoms with Gasteiger partial charge in [0.15, 0.2) is 12.4 Å². The highest BCUT2D eigenvalue weighted by molar-refractivity contribution is 5.99. The fraction of sp³-hybridized carbons (Fsp3) is 0.316. The van der Waals surface area contributed by atoms with Crippen molar-refractivity contribution in [3.63, 3.8) is 0 Å². The lowest BCUT2D eigenvalue weighted by Crippen LogP contribution is -2.21. The molecule has 28 heavy (non-hydrogen) atoms. The van der Waals surface area contributed by atoms with Crippen LogP contribution in [0.4, 0.5) is 5.69 Å². The molecule has 2 rings (SSSR count). The summed E-state index contributed by atoms with van der Waals surface area (Å²) in [5, 5.41) is 13.5. The zero-order chi connectivity index (χ0) is 20.7. The van der Waals surface area contributed by atoms with Gasteiger partial charge in [0.2, 0.25) is 5.91 Å². The molecule has 148 valence electrons. The Kier molecular flexibility index (Phi) is 7.02. The second-order valence-electron chi connectivity index (χ2n) is 6.23. The Balaban J connectivity index is 1.86. The molecule has 0 fully saturated rings. The number of nitrogens with zero attached hydrogens (tertiary/aromatic N) is 2. The zero-order valence-corrected chi connectivity index (χ0v) is 15.6. The van der Waals surface area contributed by atoms with Crippen LogP contribution in [0.2, 0.25) is 0 Å². The number of esters is 1. The first-order valence-corrected chi connectivity index (χ1v) is 8.62. The van der Waals surface area contributed by atoms with E-state index in [1.54, 1.807) is 12.1 Å². The van der Waals surface area contributed by atoms with Crippen molar-refractivity contribution in [1.82, 2.24) is 9.88 Å². The fourth-order valence-electron chi connectivity index (χ4n) is 2.55.